The zero-order valence-electron chi connectivity index (χ0n) is 10.2. The smallest absolute Gasteiger partial charge is 0.313 e. The molecule has 1 unspecified atom stereocenters. The predicted octanol–water partition coefficient (Wildman–Crippen LogP) is 4.28. The van der Waals surface area contributed by atoms with Crippen LogP contribution in [0.5, 0.6) is 0 Å². The average Bonchev–Trinajstić information content (AvgIpc) is 2.36. The number of halogens is 2. The maximum atomic E-state index is 12.0. The highest BCUT2D eigenvalue weighted by molar-refractivity contribution is 14.1. The summed E-state index contributed by atoms with van der Waals surface area (Å²) in [5.41, 5.74) is 1.04. The number of alkyl halides is 1. The molecule has 0 fully saturated rings. The van der Waals surface area contributed by atoms with E-state index < -0.39 is 0 Å². The van der Waals surface area contributed by atoms with Crippen LogP contribution in [0.4, 0.5) is 0 Å². The first-order chi connectivity index (χ1) is 8.70. The van der Waals surface area contributed by atoms with Gasteiger partial charge in [0, 0.05) is 8.90 Å². The summed E-state index contributed by atoms with van der Waals surface area (Å²) in [5.74, 6) is -0.366. The zero-order valence-corrected chi connectivity index (χ0v) is 14.0. The van der Waals surface area contributed by atoms with E-state index in [4.69, 9.17) is 4.74 Å². The van der Waals surface area contributed by atoms with Crippen molar-refractivity contribution in [3.63, 3.8) is 0 Å². The summed E-state index contributed by atoms with van der Waals surface area (Å²) in [5, 5.41) is 0.800. The van der Waals surface area contributed by atoms with E-state index in [1.54, 1.807) is 0 Å². The Morgan fingerprint density at radius 2 is 2.17 bits per heavy atom. The molecule has 0 N–H and O–H groups in total. The van der Waals surface area contributed by atoms with Crippen LogP contribution in [0.25, 0.3) is 0 Å². The molecular weight excluding hydrogens is 407 g/mol. The van der Waals surface area contributed by atoms with Gasteiger partial charge < -0.3 is 4.74 Å². The molecule has 1 atom stereocenters. The van der Waals surface area contributed by atoms with Crippen LogP contribution in [0.3, 0.4) is 0 Å². The molecule has 1 aromatic carbocycles. The van der Waals surface area contributed by atoms with Crippen LogP contribution in [0.2, 0.25) is 0 Å². The van der Waals surface area contributed by atoms with E-state index in [1.165, 1.54) is 0 Å². The van der Waals surface area contributed by atoms with Gasteiger partial charge in [0.15, 0.2) is 0 Å². The first-order valence-corrected chi connectivity index (χ1v) is 8.02. The maximum Gasteiger partial charge on any atom is 0.313 e. The summed E-state index contributed by atoms with van der Waals surface area (Å²) < 4.78 is 6.25. The van der Waals surface area contributed by atoms with Crippen molar-refractivity contribution in [3.05, 3.63) is 45.6 Å². The third-order valence-electron chi connectivity index (χ3n) is 2.48. The molecule has 0 heterocycles. The Morgan fingerprint density at radius 3 is 2.78 bits per heavy atom. The van der Waals surface area contributed by atoms with Gasteiger partial charge in [-0.1, -0.05) is 46.3 Å². The van der Waals surface area contributed by atoms with Gasteiger partial charge in [-0.3, -0.25) is 4.79 Å². The lowest BCUT2D eigenvalue weighted by Crippen LogP contribution is -2.16. The van der Waals surface area contributed by atoms with Gasteiger partial charge in [-0.25, -0.2) is 0 Å². The van der Waals surface area contributed by atoms with E-state index in [-0.39, 0.29) is 11.9 Å². The Hall–Kier alpha value is -0.360. The second-order valence-corrected chi connectivity index (χ2v) is 5.50. The number of carbonyl (C=O) groups excluding carboxylic acids is 1. The lowest BCUT2D eigenvalue weighted by molar-refractivity contribution is -0.144. The number of rotatable bonds is 6. The van der Waals surface area contributed by atoms with Crippen molar-refractivity contribution >= 4 is 44.5 Å². The van der Waals surface area contributed by atoms with Gasteiger partial charge in [0.2, 0.25) is 0 Å². The van der Waals surface area contributed by atoms with Gasteiger partial charge in [-0.05, 0) is 47.6 Å². The quantitative estimate of drug-likeness (QED) is 0.296. The highest BCUT2D eigenvalue weighted by Gasteiger charge is 2.22. The number of hydrogen-bond donors (Lipinski definition) is 0. The number of hydrogen-bond acceptors (Lipinski definition) is 2. The Labute approximate surface area is 130 Å². The molecule has 0 aliphatic carbocycles. The third-order valence-corrected chi connectivity index (χ3v) is 3.84. The minimum Gasteiger partial charge on any atom is -0.466 e. The summed E-state index contributed by atoms with van der Waals surface area (Å²) in [6.07, 6.45) is 4.69. The highest BCUT2D eigenvalue weighted by Crippen LogP contribution is 2.26. The second-order valence-electron chi connectivity index (χ2n) is 3.69. The van der Waals surface area contributed by atoms with Crippen LogP contribution in [-0.4, -0.2) is 17.9 Å². The van der Waals surface area contributed by atoms with Gasteiger partial charge in [-0.15, -0.1) is 0 Å². The molecule has 0 radical (unpaired) electrons. The van der Waals surface area contributed by atoms with Gasteiger partial charge in [0.25, 0.3) is 0 Å². The molecule has 2 nitrogen and oxygen atoms in total. The van der Waals surface area contributed by atoms with Crippen LogP contribution in [0.15, 0.2) is 36.4 Å². The van der Waals surface area contributed by atoms with E-state index in [1.807, 2.05) is 43.3 Å². The number of allylic oxidation sites excluding steroid dienone is 2. The minimum atomic E-state index is -0.214. The second kappa shape index (κ2) is 8.69. The summed E-state index contributed by atoms with van der Waals surface area (Å²) >= 11 is 5.59. The Kier molecular flexibility index (Phi) is 7.58. The van der Waals surface area contributed by atoms with E-state index in [0.29, 0.717) is 13.0 Å². The molecule has 18 heavy (non-hydrogen) atoms. The van der Waals surface area contributed by atoms with E-state index in [0.717, 1.165) is 14.5 Å². The predicted molar refractivity (Wildman–Crippen MR) is 86.1 cm³/mol. The fourth-order valence-corrected chi connectivity index (χ4v) is 2.67. The molecule has 0 aliphatic heterocycles. The minimum absolute atomic E-state index is 0.152. The van der Waals surface area contributed by atoms with Crippen molar-refractivity contribution in [3.8, 4) is 0 Å². The first kappa shape index (κ1) is 15.7. The van der Waals surface area contributed by atoms with Gasteiger partial charge >= 0.3 is 5.97 Å². The molecule has 0 bridgehead atoms. The molecule has 1 rings (SSSR count). The number of esters is 1. The van der Waals surface area contributed by atoms with Gasteiger partial charge in [0.05, 0.1) is 12.5 Å². The molecule has 0 saturated carbocycles. The number of benzene rings is 1. The number of ether oxygens (including phenoxy) is 1. The van der Waals surface area contributed by atoms with Crippen LogP contribution >= 0.6 is 38.5 Å². The molecule has 0 amide bonds. The zero-order chi connectivity index (χ0) is 13.4. The maximum absolute atomic E-state index is 12.0. The Morgan fingerprint density at radius 1 is 1.44 bits per heavy atom. The van der Waals surface area contributed by atoms with Crippen LogP contribution < -0.4 is 0 Å². The summed E-state index contributed by atoms with van der Waals surface area (Å²) in [6.45, 7) is 2.25. The van der Waals surface area contributed by atoms with Gasteiger partial charge in [0.1, 0.15) is 0 Å². The molecule has 0 saturated heterocycles. The largest absolute Gasteiger partial charge is 0.466 e. The molecule has 4 heteroatoms. The normalized spacial score (nSPS) is 12.6. The molecule has 98 valence electrons. The molecule has 0 spiro atoms. The molecule has 0 aromatic heterocycles. The van der Waals surface area contributed by atoms with Gasteiger partial charge in [-0.2, -0.15) is 0 Å². The van der Waals surface area contributed by atoms with Crippen molar-refractivity contribution in [2.45, 2.75) is 19.3 Å². The topological polar surface area (TPSA) is 26.3 Å². The van der Waals surface area contributed by atoms with E-state index >= 15 is 0 Å². The summed E-state index contributed by atoms with van der Waals surface area (Å²) in [4.78, 5) is 12.0. The Bertz CT molecular complexity index is 418. The van der Waals surface area contributed by atoms with Crippen molar-refractivity contribution in [2.75, 3.05) is 11.9 Å². The van der Waals surface area contributed by atoms with Crippen molar-refractivity contribution in [1.29, 1.82) is 0 Å². The summed E-state index contributed by atoms with van der Waals surface area (Å²) in [7, 11) is 0. The molecule has 1 aromatic rings. The SMILES string of the molecule is CCOC(=O)C(C/C=C/CBr)c1ccccc1I. The van der Waals surface area contributed by atoms with Crippen molar-refractivity contribution in [1.82, 2.24) is 0 Å². The van der Waals surface area contributed by atoms with Crippen LogP contribution in [-0.2, 0) is 9.53 Å². The lowest BCUT2D eigenvalue weighted by atomic mass is 9.95. The lowest BCUT2D eigenvalue weighted by Gasteiger charge is -2.15. The highest BCUT2D eigenvalue weighted by atomic mass is 127. The number of carbonyl (C=O) groups is 1. The van der Waals surface area contributed by atoms with E-state index in [9.17, 15) is 4.79 Å². The Balaban J connectivity index is 2.93. The van der Waals surface area contributed by atoms with E-state index in [2.05, 4.69) is 38.5 Å². The standard InChI is InChI=1S/C14H16BrIO2/c1-2-18-14(17)12(8-5-6-10-15)11-7-3-4-9-13(11)16/h3-7,9,12H,2,8,10H2,1H3/b6-5+. The molecule has 0 aliphatic rings. The fourth-order valence-electron chi connectivity index (χ4n) is 1.65. The molecular formula is C14H16BrIO2. The van der Waals surface area contributed by atoms with Crippen molar-refractivity contribution < 1.29 is 9.53 Å². The van der Waals surface area contributed by atoms with Crippen LogP contribution in [0, 0.1) is 3.57 Å². The van der Waals surface area contributed by atoms with Crippen molar-refractivity contribution in [2.24, 2.45) is 0 Å². The van der Waals surface area contributed by atoms with Crippen LogP contribution in [0.1, 0.15) is 24.8 Å². The average molecular weight is 423 g/mol. The monoisotopic (exact) mass is 422 g/mol. The fraction of sp³-hybridized carbons (Fsp3) is 0.357. The summed E-state index contributed by atoms with van der Waals surface area (Å²) in [6, 6.07) is 7.93. The third kappa shape index (κ3) is 4.72. The first-order valence-electron chi connectivity index (χ1n) is 5.82.